The Morgan fingerprint density at radius 3 is 2.56 bits per heavy atom. The number of aromatic nitrogens is 2. The van der Waals surface area contributed by atoms with Crippen LogP contribution in [0.1, 0.15) is 49.8 Å². The van der Waals surface area contributed by atoms with Gasteiger partial charge in [-0.2, -0.15) is 23.1 Å². The van der Waals surface area contributed by atoms with Gasteiger partial charge < -0.3 is 25.8 Å². The number of hydrogen-bond acceptors (Lipinski definition) is 7. The van der Waals surface area contributed by atoms with Gasteiger partial charge in [0.2, 0.25) is 17.9 Å². The van der Waals surface area contributed by atoms with Gasteiger partial charge in [0.25, 0.3) is 0 Å². The van der Waals surface area contributed by atoms with Gasteiger partial charge in [0.15, 0.2) is 0 Å². The number of nitrogen functional groups attached to an aromatic ring is 1. The molecule has 2 fully saturated rings. The molecule has 230 valence electrons. The summed E-state index contributed by atoms with van der Waals surface area (Å²) in [5.41, 5.74) is 6.07. The van der Waals surface area contributed by atoms with Crippen molar-refractivity contribution in [3.63, 3.8) is 0 Å². The molecule has 2 aliphatic rings. The van der Waals surface area contributed by atoms with E-state index in [1.54, 1.807) is 6.92 Å². The zero-order valence-electron chi connectivity index (χ0n) is 23.6. The molecule has 0 aliphatic carbocycles. The SMILES string of the molecule is CCC1NC(C(=O)O)CC12CCN(c1cc(O[C@H](c3ccc(Cl)cc3-c3ccc(C)c(F)c3)C(F)(F)F)nc(N)n1)CC2. The van der Waals surface area contributed by atoms with Gasteiger partial charge in [-0.15, -0.1) is 0 Å². The third kappa shape index (κ3) is 6.35. The van der Waals surface area contributed by atoms with Crippen molar-refractivity contribution in [2.75, 3.05) is 23.7 Å². The van der Waals surface area contributed by atoms with Crippen molar-refractivity contribution < 1.29 is 32.2 Å². The maximum absolute atomic E-state index is 14.5. The van der Waals surface area contributed by atoms with E-state index in [4.69, 9.17) is 22.1 Å². The highest BCUT2D eigenvalue weighted by Crippen LogP contribution is 2.46. The second-order valence-electron chi connectivity index (χ2n) is 11.2. The standard InChI is InChI=1S/C30H32ClF4N5O3/c1-3-23-29(15-22(37-23)27(41)42)8-10-40(11-9-29)24-14-25(39-28(36)38-24)43-26(30(33,34)35)19-7-6-18(31)13-20(19)17-5-4-16(2)21(32)12-17/h4-7,12-14,22-23,26,37H,3,8-11,15H2,1-2H3,(H,41,42)(H2,36,38,39)/t22?,23?,26-/m1/s1. The summed E-state index contributed by atoms with van der Waals surface area (Å²) in [4.78, 5) is 21.7. The van der Waals surface area contributed by atoms with E-state index in [-0.39, 0.29) is 45.0 Å². The zero-order valence-corrected chi connectivity index (χ0v) is 24.3. The Labute approximate surface area is 251 Å². The van der Waals surface area contributed by atoms with E-state index in [1.807, 2.05) is 11.8 Å². The molecule has 3 aromatic rings. The van der Waals surface area contributed by atoms with Crippen LogP contribution in [0.3, 0.4) is 0 Å². The van der Waals surface area contributed by atoms with Crippen LogP contribution in [0.15, 0.2) is 42.5 Å². The zero-order chi connectivity index (χ0) is 31.1. The molecule has 3 heterocycles. The minimum atomic E-state index is -4.88. The Kier molecular flexibility index (Phi) is 8.45. The molecule has 2 saturated heterocycles. The van der Waals surface area contributed by atoms with Gasteiger partial charge in [0.1, 0.15) is 17.7 Å². The van der Waals surface area contributed by atoms with Crippen LogP contribution < -0.4 is 20.7 Å². The highest BCUT2D eigenvalue weighted by atomic mass is 35.5. The van der Waals surface area contributed by atoms with Crippen molar-refractivity contribution in [3.8, 4) is 17.0 Å². The molecule has 2 aromatic carbocycles. The Hall–Kier alpha value is -3.64. The summed E-state index contributed by atoms with van der Waals surface area (Å²) >= 11 is 6.14. The van der Waals surface area contributed by atoms with Crippen LogP contribution >= 0.6 is 11.6 Å². The number of nitrogens with one attached hydrogen (secondary N) is 1. The lowest BCUT2D eigenvalue weighted by Crippen LogP contribution is -2.46. The lowest BCUT2D eigenvalue weighted by Gasteiger charge is -2.43. The Balaban J connectivity index is 1.42. The quantitative estimate of drug-likeness (QED) is 0.263. The summed E-state index contributed by atoms with van der Waals surface area (Å²) in [7, 11) is 0. The van der Waals surface area contributed by atoms with E-state index in [0.29, 0.717) is 43.7 Å². The van der Waals surface area contributed by atoms with E-state index < -0.39 is 30.1 Å². The van der Waals surface area contributed by atoms with E-state index in [0.717, 1.165) is 12.5 Å². The minimum Gasteiger partial charge on any atom is -0.480 e. The Bertz CT molecular complexity index is 1510. The van der Waals surface area contributed by atoms with Crippen molar-refractivity contribution in [3.05, 3.63) is 64.4 Å². The molecular formula is C30H32ClF4N5O3. The van der Waals surface area contributed by atoms with Crippen LogP contribution in [-0.4, -0.2) is 52.4 Å². The predicted molar refractivity (Wildman–Crippen MR) is 155 cm³/mol. The second kappa shape index (κ2) is 11.8. The van der Waals surface area contributed by atoms with Gasteiger partial charge in [-0.25, -0.2) is 4.39 Å². The number of rotatable bonds is 7. The van der Waals surface area contributed by atoms with E-state index in [1.165, 1.54) is 36.4 Å². The largest absolute Gasteiger partial charge is 0.480 e. The average molecular weight is 622 g/mol. The van der Waals surface area contributed by atoms with Crippen molar-refractivity contribution in [2.45, 2.75) is 63.9 Å². The molecule has 0 amide bonds. The molecule has 1 aromatic heterocycles. The number of carboxylic acids is 1. The van der Waals surface area contributed by atoms with Gasteiger partial charge >= 0.3 is 12.1 Å². The van der Waals surface area contributed by atoms with Crippen LogP contribution in [-0.2, 0) is 4.79 Å². The monoisotopic (exact) mass is 621 g/mol. The minimum absolute atomic E-state index is 0.0493. The molecule has 5 rings (SSSR count). The number of hydrogen-bond donors (Lipinski definition) is 3. The van der Waals surface area contributed by atoms with Gasteiger partial charge in [-0.05, 0) is 72.9 Å². The first-order valence-corrected chi connectivity index (χ1v) is 14.3. The number of carboxylic acid groups (broad SMARTS) is 1. The molecule has 0 bridgehead atoms. The molecule has 13 heteroatoms. The maximum atomic E-state index is 14.5. The molecule has 3 atom stereocenters. The molecule has 2 aliphatic heterocycles. The van der Waals surface area contributed by atoms with Crippen molar-refractivity contribution in [1.29, 1.82) is 0 Å². The summed E-state index contributed by atoms with van der Waals surface area (Å²) in [6, 6.07) is 8.76. The number of anilines is 2. The average Bonchev–Trinajstić information content (AvgIpc) is 3.31. The van der Waals surface area contributed by atoms with Crippen LogP contribution in [0.25, 0.3) is 11.1 Å². The first-order chi connectivity index (χ1) is 20.3. The lowest BCUT2D eigenvalue weighted by molar-refractivity contribution is -0.198. The van der Waals surface area contributed by atoms with Gasteiger partial charge in [0.05, 0.1) is 0 Å². The molecule has 2 unspecified atom stereocenters. The van der Waals surface area contributed by atoms with Crippen LogP contribution in [0.2, 0.25) is 5.02 Å². The molecule has 0 saturated carbocycles. The maximum Gasteiger partial charge on any atom is 0.429 e. The fraction of sp³-hybridized carbons (Fsp3) is 0.433. The van der Waals surface area contributed by atoms with E-state index >= 15 is 0 Å². The van der Waals surface area contributed by atoms with Crippen LogP contribution in [0.5, 0.6) is 5.88 Å². The third-order valence-electron chi connectivity index (χ3n) is 8.56. The fourth-order valence-electron chi connectivity index (χ4n) is 6.32. The van der Waals surface area contributed by atoms with Crippen molar-refractivity contribution >= 4 is 29.3 Å². The van der Waals surface area contributed by atoms with E-state index in [2.05, 4.69) is 15.3 Å². The lowest BCUT2D eigenvalue weighted by atomic mass is 9.71. The number of ether oxygens (including phenoxy) is 1. The first-order valence-electron chi connectivity index (χ1n) is 14.0. The number of alkyl halides is 3. The second-order valence-corrected chi connectivity index (χ2v) is 11.7. The smallest absolute Gasteiger partial charge is 0.429 e. The Morgan fingerprint density at radius 1 is 1.21 bits per heavy atom. The third-order valence-corrected chi connectivity index (χ3v) is 8.80. The number of piperidine rings is 1. The summed E-state index contributed by atoms with van der Waals surface area (Å²) in [5.74, 6) is -1.77. The molecular weight excluding hydrogens is 590 g/mol. The van der Waals surface area contributed by atoms with Crippen LogP contribution in [0, 0.1) is 18.2 Å². The summed E-state index contributed by atoms with van der Waals surface area (Å²) < 4.78 is 63.5. The topological polar surface area (TPSA) is 114 Å². The van der Waals surface area contributed by atoms with Crippen LogP contribution in [0.4, 0.5) is 29.3 Å². The van der Waals surface area contributed by atoms with Gasteiger partial charge in [-0.3, -0.25) is 4.79 Å². The fourth-order valence-corrected chi connectivity index (χ4v) is 6.49. The molecule has 43 heavy (non-hydrogen) atoms. The summed E-state index contributed by atoms with van der Waals surface area (Å²) in [6.45, 7) is 4.58. The number of aryl methyl sites for hydroxylation is 1. The van der Waals surface area contributed by atoms with Crippen molar-refractivity contribution in [1.82, 2.24) is 15.3 Å². The van der Waals surface area contributed by atoms with E-state index in [9.17, 15) is 27.5 Å². The Morgan fingerprint density at radius 2 is 1.93 bits per heavy atom. The molecule has 0 radical (unpaired) electrons. The number of benzene rings is 2. The van der Waals surface area contributed by atoms with Crippen molar-refractivity contribution in [2.24, 2.45) is 5.41 Å². The highest BCUT2D eigenvalue weighted by molar-refractivity contribution is 6.30. The van der Waals surface area contributed by atoms with Gasteiger partial charge in [-0.1, -0.05) is 36.7 Å². The highest BCUT2D eigenvalue weighted by Gasteiger charge is 2.50. The summed E-state index contributed by atoms with van der Waals surface area (Å²) in [5, 5.41) is 12.9. The number of carbonyl (C=O) groups is 1. The summed E-state index contributed by atoms with van der Waals surface area (Å²) in [6.07, 6.45) is -4.71. The predicted octanol–water partition coefficient (Wildman–Crippen LogP) is 6.32. The normalized spacial score (nSPS) is 20.8. The number of halogens is 5. The number of nitrogens with zero attached hydrogens (tertiary/aromatic N) is 3. The first kappa shape index (κ1) is 30.8. The molecule has 1 spiro atoms. The molecule has 4 N–H and O–H groups in total. The number of aliphatic carboxylic acids is 1. The van der Waals surface area contributed by atoms with Gasteiger partial charge in [0, 0.05) is 35.8 Å². The number of nitrogens with two attached hydrogens (primary N) is 1. The molecule has 8 nitrogen and oxygen atoms in total.